The van der Waals surface area contributed by atoms with Gasteiger partial charge in [-0.05, 0) is 24.1 Å². The van der Waals surface area contributed by atoms with Gasteiger partial charge in [0.25, 0.3) is 0 Å². The molecule has 4 heteroatoms. The Labute approximate surface area is 106 Å². The van der Waals surface area contributed by atoms with Crippen molar-refractivity contribution in [2.75, 3.05) is 6.61 Å². The van der Waals surface area contributed by atoms with Crippen LogP contribution in [-0.2, 0) is 16.0 Å². The molecule has 3 nitrogen and oxygen atoms in total. The van der Waals surface area contributed by atoms with Crippen LogP contribution in [0, 0.1) is 0 Å². The van der Waals surface area contributed by atoms with Gasteiger partial charge in [0.2, 0.25) is 0 Å². The molecule has 0 amide bonds. The van der Waals surface area contributed by atoms with Gasteiger partial charge in [0.1, 0.15) is 0 Å². The Balaban J connectivity index is 2.57. The Morgan fingerprint density at radius 3 is 2.88 bits per heavy atom. The lowest BCUT2D eigenvalue weighted by molar-refractivity contribution is -0.150. The molecule has 1 atom stereocenters. The molecule has 1 N–H and O–H groups in total. The van der Waals surface area contributed by atoms with E-state index in [2.05, 4.69) is 0 Å². The summed E-state index contributed by atoms with van der Waals surface area (Å²) in [7, 11) is 0. The van der Waals surface area contributed by atoms with Crippen LogP contribution in [0.4, 0.5) is 0 Å². The minimum atomic E-state index is -0.930. The van der Waals surface area contributed by atoms with Crippen LogP contribution in [0.2, 0.25) is 5.02 Å². The highest BCUT2D eigenvalue weighted by molar-refractivity contribution is 6.30. The number of ether oxygens (including phenoxy) is 1. The summed E-state index contributed by atoms with van der Waals surface area (Å²) in [6.07, 6.45) is 1.42. The van der Waals surface area contributed by atoms with Gasteiger partial charge in [0.05, 0.1) is 0 Å². The minimum Gasteiger partial charge on any atom is -0.479 e. The van der Waals surface area contributed by atoms with Crippen molar-refractivity contribution in [2.24, 2.45) is 0 Å². The predicted molar refractivity (Wildman–Crippen MR) is 67.4 cm³/mol. The van der Waals surface area contributed by atoms with Crippen molar-refractivity contribution in [1.82, 2.24) is 0 Å². The third kappa shape index (κ3) is 5.20. The predicted octanol–water partition coefficient (Wildman–Crippen LogP) is 3.15. The normalized spacial score (nSPS) is 12.4. The van der Waals surface area contributed by atoms with Crippen LogP contribution in [0.5, 0.6) is 0 Å². The molecule has 0 radical (unpaired) electrons. The maximum atomic E-state index is 11.0. The Bertz CT molecular complexity index is 365. The van der Waals surface area contributed by atoms with Crippen LogP contribution in [0.3, 0.4) is 0 Å². The Morgan fingerprint density at radius 2 is 2.29 bits per heavy atom. The molecule has 0 aromatic heterocycles. The molecule has 94 valence electrons. The van der Waals surface area contributed by atoms with Crippen molar-refractivity contribution < 1.29 is 14.6 Å². The molecule has 1 aromatic rings. The summed E-state index contributed by atoms with van der Waals surface area (Å²) < 4.78 is 5.35. The van der Waals surface area contributed by atoms with E-state index in [-0.39, 0.29) is 0 Å². The zero-order valence-corrected chi connectivity index (χ0v) is 10.6. The maximum absolute atomic E-state index is 11.0. The van der Waals surface area contributed by atoms with Gasteiger partial charge < -0.3 is 9.84 Å². The van der Waals surface area contributed by atoms with E-state index in [4.69, 9.17) is 21.4 Å². The van der Waals surface area contributed by atoms with Crippen molar-refractivity contribution >= 4 is 17.6 Å². The van der Waals surface area contributed by atoms with Crippen LogP contribution in [0.25, 0.3) is 0 Å². The molecule has 0 aliphatic carbocycles. The number of carbonyl (C=O) groups is 1. The van der Waals surface area contributed by atoms with Gasteiger partial charge in [-0.15, -0.1) is 0 Å². The van der Waals surface area contributed by atoms with E-state index in [1.807, 2.05) is 19.1 Å². The van der Waals surface area contributed by atoms with Crippen LogP contribution >= 0.6 is 11.6 Å². The van der Waals surface area contributed by atoms with E-state index in [0.29, 0.717) is 18.1 Å². The molecule has 0 fully saturated rings. The van der Waals surface area contributed by atoms with Crippen molar-refractivity contribution in [2.45, 2.75) is 32.3 Å². The molecule has 1 unspecified atom stereocenters. The highest BCUT2D eigenvalue weighted by atomic mass is 35.5. The van der Waals surface area contributed by atoms with Gasteiger partial charge in [0, 0.05) is 18.1 Å². The molecule has 1 rings (SSSR count). The third-order valence-electron chi connectivity index (χ3n) is 2.40. The first kappa shape index (κ1) is 14.0. The molecule has 0 aliphatic rings. The summed E-state index contributed by atoms with van der Waals surface area (Å²) in [5.41, 5.74) is 0.876. The SMILES string of the molecule is CCCCOC(Cc1cccc(Cl)c1)C(=O)O. The zero-order chi connectivity index (χ0) is 12.7. The van der Waals surface area contributed by atoms with Crippen molar-refractivity contribution in [1.29, 1.82) is 0 Å². The molecule has 0 spiro atoms. The monoisotopic (exact) mass is 256 g/mol. The lowest BCUT2D eigenvalue weighted by Gasteiger charge is -2.13. The number of hydrogen-bond donors (Lipinski definition) is 1. The fourth-order valence-electron chi connectivity index (χ4n) is 1.47. The molecule has 17 heavy (non-hydrogen) atoms. The molecule has 0 saturated heterocycles. The first-order valence-electron chi connectivity index (χ1n) is 5.72. The number of hydrogen-bond acceptors (Lipinski definition) is 2. The van der Waals surface area contributed by atoms with Gasteiger partial charge in [-0.3, -0.25) is 0 Å². The van der Waals surface area contributed by atoms with E-state index in [9.17, 15) is 4.79 Å². The molecule has 0 aliphatic heterocycles. The first-order chi connectivity index (χ1) is 8.13. The van der Waals surface area contributed by atoms with E-state index in [1.165, 1.54) is 0 Å². The summed E-state index contributed by atoms with van der Waals surface area (Å²) in [5, 5.41) is 9.66. The van der Waals surface area contributed by atoms with Crippen molar-refractivity contribution in [3.63, 3.8) is 0 Å². The number of carboxylic acid groups (broad SMARTS) is 1. The number of aliphatic carboxylic acids is 1. The van der Waals surface area contributed by atoms with E-state index < -0.39 is 12.1 Å². The topological polar surface area (TPSA) is 46.5 Å². The van der Waals surface area contributed by atoms with Gasteiger partial charge in [-0.2, -0.15) is 0 Å². The average Bonchev–Trinajstić information content (AvgIpc) is 2.28. The summed E-state index contributed by atoms with van der Waals surface area (Å²) in [6, 6.07) is 7.19. The maximum Gasteiger partial charge on any atom is 0.333 e. The molecule has 0 saturated carbocycles. The Hall–Kier alpha value is -1.06. The van der Waals surface area contributed by atoms with Crippen LogP contribution < -0.4 is 0 Å². The first-order valence-corrected chi connectivity index (χ1v) is 6.10. The number of benzene rings is 1. The molecular weight excluding hydrogens is 240 g/mol. The van der Waals surface area contributed by atoms with Gasteiger partial charge in [0.15, 0.2) is 6.10 Å². The second-order valence-corrected chi connectivity index (χ2v) is 4.32. The number of carboxylic acids is 1. The number of halogens is 1. The van der Waals surface area contributed by atoms with Crippen LogP contribution in [0.15, 0.2) is 24.3 Å². The third-order valence-corrected chi connectivity index (χ3v) is 2.64. The Morgan fingerprint density at radius 1 is 1.53 bits per heavy atom. The van der Waals surface area contributed by atoms with Gasteiger partial charge in [-0.1, -0.05) is 37.1 Å². The molecular formula is C13H17ClO3. The molecule has 0 bridgehead atoms. The van der Waals surface area contributed by atoms with Crippen molar-refractivity contribution in [3.05, 3.63) is 34.9 Å². The largest absolute Gasteiger partial charge is 0.479 e. The molecule has 0 heterocycles. The summed E-state index contributed by atoms with van der Waals surface area (Å²) in [6.45, 7) is 2.52. The zero-order valence-electron chi connectivity index (χ0n) is 9.86. The number of rotatable bonds is 7. The van der Waals surface area contributed by atoms with E-state index >= 15 is 0 Å². The average molecular weight is 257 g/mol. The fourth-order valence-corrected chi connectivity index (χ4v) is 1.68. The lowest BCUT2D eigenvalue weighted by Crippen LogP contribution is -2.26. The van der Waals surface area contributed by atoms with Gasteiger partial charge >= 0.3 is 5.97 Å². The standard InChI is InChI=1S/C13H17ClO3/c1-2-3-7-17-12(13(15)16)9-10-5-4-6-11(14)8-10/h4-6,8,12H,2-3,7,9H2,1H3,(H,15,16). The lowest BCUT2D eigenvalue weighted by atomic mass is 10.1. The summed E-state index contributed by atoms with van der Waals surface area (Å²) >= 11 is 5.85. The van der Waals surface area contributed by atoms with Crippen LogP contribution in [-0.4, -0.2) is 23.8 Å². The van der Waals surface area contributed by atoms with Gasteiger partial charge in [-0.25, -0.2) is 4.79 Å². The summed E-state index contributed by atoms with van der Waals surface area (Å²) in [5.74, 6) is -0.930. The van der Waals surface area contributed by atoms with E-state index in [0.717, 1.165) is 18.4 Å². The highest BCUT2D eigenvalue weighted by Gasteiger charge is 2.18. The summed E-state index contributed by atoms with van der Waals surface area (Å²) in [4.78, 5) is 11.0. The highest BCUT2D eigenvalue weighted by Crippen LogP contribution is 2.13. The quantitative estimate of drug-likeness (QED) is 0.763. The van der Waals surface area contributed by atoms with E-state index in [1.54, 1.807) is 12.1 Å². The van der Waals surface area contributed by atoms with Crippen LogP contribution in [0.1, 0.15) is 25.3 Å². The number of unbranched alkanes of at least 4 members (excludes halogenated alkanes) is 1. The fraction of sp³-hybridized carbons (Fsp3) is 0.462. The Kier molecular flexibility index (Phi) is 6.01. The molecule has 1 aromatic carbocycles. The second-order valence-electron chi connectivity index (χ2n) is 3.89. The minimum absolute atomic E-state index is 0.347. The smallest absolute Gasteiger partial charge is 0.333 e. The van der Waals surface area contributed by atoms with Crippen molar-refractivity contribution in [3.8, 4) is 0 Å². The second kappa shape index (κ2) is 7.30.